The van der Waals surface area contributed by atoms with Crippen molar-refractivity contribution in [2.24, 2.45) is 0 Å². The van der Waals surface area contributed by atoms with Crippen LogP contribution < -0.4 is 19.6 Å². The van der Waals surface area contributed by atoms with Crippen molar-refractivity contribution in [2.45, 2.75) is 0 Å². The van der Waals surface area contributed by atoms with Crippen molar-refractivity contribution in [3.63, 3.8) is 0 Å². The van der Waals surface area contributed by atoms with E-state index in [0.717, 1.165) is 31.3 Å². The van der Waals surface area contributed by atoms with Gasteiger partial charge in [-0.25, -0.2) is 0 Å². The number of hydrogen-bond donors (Lipinski definition) is 0. The molecule has 5 heteroatoms. The second-order valence-corrected chi connectivity index (χ2v) is 7.14. The third-order valence-corrected chi connectivity index (χ3v) is 5.71. The molecular formula is C22H18O4S. The molecule has 0 saturated heterocycles. The molecule has 136 valence electrons. The topological polar surface area (TPSA) is 44.8 Å². The Morgan fingerprint density at radius 3 is 2.04 bits per heavy atom. The predicted molar refractivity (Wildman–Crippen MR) is 111 cm³/mol. The van der Waals surface area contributed by atoms with Gasteiger partial charge < -0.3 is 14.2 Å². The molecule has 0 spiro atoms. The Labute approximate surface area is 160 Å². The van der Waals surface area contributed by atoms with Gasteiger partial charge in [-0.1, -0.05) is 18.2 Å². The first-order valence-electron chi connectivity index (χ1n) is 8.42. The Morgan fingerprint density at radius 2 is 1.37 bits per heavy atom. The van der Waals surface area contributed by atoms with Crippen LogP contribution in [0.5, 0.6) is 17.2 Å². The van der Waals surface area contributed by atoms with Gasteiger partial charge in [-0.3, -0.25) is 4.79 Å². The zero-order valence-corrected chi connectivity index (χ0v) is 16.1. The Hall–Kier alpha value is -3.05. The molecule has 0 N–H and O–H groups in total. The maximum Gasteiger partial charge on any atom is 0.203 e. The van der Waals surface area contributed by atoms with Crippen LogP contribution in [0.15, 0.2) is 59.4 Å². The van der Waals surface area contributed by atoms with Gasteiger partial charge >= 0.3 is 0 Å². The summed E-state index contributed by atoms with van der Waals surface area (Å²) in [5, 5.41) is 1.49. The van der Waals surface area contributed by atoms with E-state index >= 15 is 0 Å². The Kier molecular flexibility index (Phi) is 4.46. The number of methoxy groups -OCH3 is 3. The van der Waals surface area contributed by atoms with Crippen molar-refractivity contribution in [1.29, 1.82) is 0 Å². The quantitative estimate of drug-likeness (QED) is 0.463. The van der Waals surface area contributed by atoms with Crippen molar-refractivity contribution in [2.75, 3.05) is 21.3 Å². The third kappa shape index (κ3) is 2.90. The Balaban J connectivity index is 1.94. The van der Waals surface area contributed by atoms with E-state index in [1.807, 2.05) is 54.6 Å². The SMILES string of the molecule is COc1cc(-c2ccc3c(=O)c4ccccc4sc3c2)cc(OC)c1OC. The Morgan fingerprint density at radius 1 is 0.704 bits per heavy atom. The minimum Gasteiger partial charge on any atom is -0.493 e. The van der Waals surface area contributed by atoms with Crippen molar-refractivity contribution >= 4 is 31.5 Å². The molecule has 0 fully saturated rings. The second kappa shape index (κ2) is 6.93. The van der Waals surface area contributed by atoms with E-state index in [1.165, 1.54) is 0 Å². The highest BCUT2D eigenvalue weighted by molar-refractivity contribution is 7.24. The molecule has 4 aromatic rings. The first kappa shape index (κ1) is 17.4. The van der Waals surface area contributed by atoms with Gasteiger partial charge in [0.15, 0.2) is 16.9 Å². The average molecular weight is 378 g/mol. The van der Waals surface area contributed by atoms with Gasteiger partial charge in [-0.15, -0.1) is 11.3 Å². The normalized spacial score (nSPS) is 10.9. The molecule has 27 heavy (non-hydrogen) atoms. The van der Waals surface area contributed by atoms with E-state index in [2.05, 4.69) is 0 Å². The summed E-state index contributed by atoms with van der Waals surface area (Å²) < 4.78 is 18.2. The molecule has 0 saturated carbocycles. The minimum atomic E-state index is 0.0655. The van der Waals surface area contributed by atoms with Crippen molar-refractivity contribution < 1.29 is 14.2 Å². The highest BCUT2D eigenvalue weighted by Gasteiger charge is 2.15. The summed E-state index contributed by atoms with van der Waals surface area (Å²) in [6, 6.07) is 17.4. The lowest BCUT2D eigenvalue weighted by Gasteiger charge is -2.14. The molecule has 4 nitrogen and oxygen atoms in total. The van der Waals surface area contributed by atoms with Crippen molar-refractivity contribution in [1.82, 2.24) is 0 Å². The van der Waals surface area contributed by atoms with Crippen LogP contribution in [0.1, 0.15) is 0 Å². The molecule has 0 amide bonds. The van der Waals surface area contributed by atoms with Gasteiger partial charge in [0, 0.05) is 20.2 Å². The molecule has 0 bridgehead atoms. The summed E-state index contributed by atoms with van der Waals surface area (Å²) >= 11 is 1.61. The largest absolute Gasteiger partial charge is 0.493 e. The molecule has 0 aliphatic carbocycles. The number of ether oxygens (including phenoxy) is 3. The Bertz CT molecular complexity index is 1190. The minimum absolute atomic E-state index is 0.0655. The molecule has 4 rings (SSSR count). The number of benzene rings is 3. The number of hydrogen-bond acceptors (Lipinski definition) is 5. The van der Waals surface area contributed by atoms with Crippen LogP contribution in [-0.2, 0) is 0 Å². The van der Waals surface area contributed by atoms with E-state index in [1.54, 1.807) is 32.7 Å². The summed E-state index contributed by atoms with van der Waals surface area (Å²) in [4.78, 5) is 12.8. The smallest absolute Gasteiger partial charge is 0.203 e. The number of rotatable bonds is 4. The van der Waals surface area contributed by atoms with E-state index in [4.69, 9.17) is 14.2 Å². The summed E-state index contributed by atoms with van der Waals surface area (Å²) in [6.45, 7) is 0. The van der Waals surface area contributed by atoms with Gasteiger partial charge in [-0.05, 0) is 47.5 Å². The van der Waals surface area contributed by atoms with E-state index in [0.29, 0.717) is 17.2 Å². The molecule has 0 unspecified atom stereocenters. The zero-order valence-electron chi connectivity index (χ0n) is 15.2. The zero-order chi connectivity index (χ0) is 19.0. The van der Waals surface area contributed by atoms with E-state index in [9.17, 15) is 4.79 Å². The maximum absolute atomic E-state index is 12.8. The van der Waals surface area contributed by atoms with E-state index in [-0.39, 0.29) is 5.43 Å². The van der Waals surface area contributed by atoms with E-state index < -0.39 is 0 Å². The monoisotopic (exact) mass is 378 g/mol. The lowest BCUT2D eigenvalue weighted by molar-refractivity contribution is 0.324. The van der Waals surface area contributed by atoms with Gasteiger partial charge in [-0.2, -0.15) is 0 Å². The van der Waals surface area contributed by atoms with Crippen LogP contribution in [0, 0.1) is 0 Å². The molecule has 0 atom stereocenters. The van der Waals surface area contributed by atoms with Crippen LogP contribution >= 0.6 is 11.3 Å². The average Bonchev–Trinajstić information content (AvgIpc) is 2.72. The summed E-state index contributed by atoms with van der Waals surface area (Å²) in [6.07, 6.45) is 0. The predicted octanol–water partition coefficient (Wildman–Crippen LogP) is 5.11. The molecule has 1 aromatic heterocycles. The van der Waals surface area contributed by atoms with Crippen LogP contribution in [0.2, 0.25) is 0 Å². The van der Waals surface area contributed by atoms with Crippen molar-refractivity contribution in [3.8, 4) is 28.4 Å². The first-order chi connectivity index (χ1) is 13.2. The molecule has 1 heterocycles. The van der Waals surface area contributed by atoms with Crippen LogP contribution in [0.4, 0.5) is 0 Å². The lowest BCUT2D eigenvalue weighted by Crippen LogP contribution is -2.00. The standard InChI is InChI=1S/C22H18O4S/c1-24-17-10-14(11-18(25-2)22(17)26-3)13-8-9-16-20(12-13)27-19-7-5-4-6-15(19)21(16)23/h4-12H,1-3H3. The van der Waals surface area contributed by atoms with Crippen molar-refractivity contribution in [3.05, 3.63) is 64.8 Å². The first-order valence-corrected chi connectivity index (χ1v) is 9.24. The van der Waals surface area contributed by atoms with Crippen LogP contribution in [-0.4, -0.2) is 21.3 Å². The molecule has 0 aliphatic heterocycles. The fourth-order valence-corrected chi connectivity index (χ4v) is 4.34. The maximum atomic E-state index is 12.8. The molecule has 0 radical (unpaired) electrons. The lowest BCUT2D eigenvalue weighted by atomic mass is 10.0. The van der Waals surface area contributed by atoms with Gasteiger partial charge in [0.25, 0.3) is 0 Å². The molecular weight excluding hydrogens is 360 g/mol. The fourth-order valence-electron chi connectivity index (χ4n) is 3.23. The number of fused-ring (bicyclic) bond motifs is 2. The fraction of sp³-hybridized carbons (Fsp3) is 0.136. The second-order valence-electron chi connectivity index (χ2n) is 6.05. The van der Waals surface area contributed by atoms with Gasteiger partial charge in [0.05, 0.1) is 21.3 Å². The molecule has 3 aromatic carbocycles. The highest BCUT2D eigenvalue weighted by Crippen LogP contribution is 2.41. The third-order valence-electron chi connectivity index (χ3n) is 4.58. The van der Waals surface area contributed by atoms with Gasteiger partial charge in [0.1, 0.15) is 0 Å². The highest BCUT2D eigenvalue weighted by atomic mass is 32.1. The summed E-state index contributed by atoms with van der Waals surface area (Å²) in [7, 11) is 4.78. The van der Waals surface area contributed by atoms with Crippen LogP contribution in [0.25, 0.3) is 31.3 Å². The van der Waals surface area contributed by atoms with Crippen LogP contribution in [0.3, 0.4) is 0 Å². The summed E-state index contributed by atoms with van der Waals surface area (Å²) in [5.41, 5.74) is 1.97. The molecule has 0 aliphatic rings. The summed E-state index contributed by atoms with van der Waals surface area (Å²) in [5.74, 6) is 1.75. The van der Waals surface area contributed by atoms with Gasteiger partial charge in [0.2, 0.25) is 5.75 Å².